The number of rotatable bonds is 6. The molecule has 0 bridgehead atoms. The van der Waals surface area contributed by atoms with Crippen LogP contribution in [0, 0.1) is 5.82 Å². The molecule has 2 aromatic rings. The predicted octanol–water partition coefficient (Wildman–Crippen LogP) is 4.25. The Hall–Kier alpha value is -1.87. The number of hydrogen-bond acceptors (Lipinski definition) is 2. The summed E-state index contributed by atoms with van der Waals surface area (Å²) in [5.74, 6) is 0.813. The Morgan fingerprint density at radius 2 is 1.76 bits per heavy atom. The molecule has 0 saturated heterocycles. The van der Waals surface area contributed by atoms with E-state index in [2.05, 4.69) is 43.4 Å². The minimum absolute atomic E-state index is 0.270. The summed E-state index contributed by atoms with van der Waals surface area (Å²) in [5.41, 5.74) is 3.27. The van der Waals surface area contributed by atoms with Gasteiger partial charge in [0.15, 0.2) is 0 Å². The average Bonchev–Trinajstić information content (AvgIpc) is 2.45. The third-order valence-electron chi connectivity index (χ3n) is 3.36. The molecule has 2 rings (SSSR count). The van der Waals surface area contributed by atoms with Crippen molar-refractivity contribution in [1.29, 1.82) is 0 Å². The number of ether oxygens (including phenoxy) is 1. The van der Waals surface area contributed by atoms with E-state index >= 15 is 0 Å². The molecule has 0 aliphatic carbocycles. The number of halogens is 1. The fourth-order valence-electron chi connectivity index (χ4n) is 2.18. The molecule has 3 heteroatoms. The minimum atomic E-state index is -0.270. The Morgan fingerprint density at radius 1 is 1.05 bits per heavy atom. The van der Waals surface area contributed by atoms with Crippen LogP contribution in [0.5, 0.6) is 5.75 Å². The summed E-state index contributed by atoms with van der Waals surface area (Å²) in [6.07, 6.45) is 0. The van der Waals surface area contributed by atoms with Gasteiger partial charge in [0.2, 0.25) is 0 Å². The second-order valence-corrected chi connectivity index (χ2v) is 5.51. The van der Waals surface area contributed by atoms with Gasteiger partial charge in [-0.2, -0.15) is 0 Å². The predicted molar refractivity (Wildman–Crippen MR) is 84.0 cm³/mol. The molecule has 112 valence electrons. The highest BCUT2D eigenvalue weighted by atomic mass is 19.1. The molecule has 0 radical (unpaired) electrons. The Morgan fingerprint density at radius 3 is 2.38 bits per heavy atom. The van der Waals surface area contributed by atoms with E-state index in [-0.39, 0.29) is 5.82 Å². The maximum Gasteiger partial charge on any atom is 0.127 e. The summed E-state index contributed by atoms with van der Waals surface area (Å²) in [4.78, 5) is 0. The molecule has 0 aromatic heterocycles. The molecule has 0 heterocycles. The van der Waals surface area contributed by atoms with E-state index in [0.717, 1.165) is 11.1 Å². The van der Waals surface area contributed by atoms with Crippen molar-refractivity contribution in [3.8, 4) is 5.75 Å². The zero-order valence-corrected chi connectivity index (χ0v) is 12.8. The van der Waals surface area contributed by atoms with Crippen LogP contribution < -0.4 is 10.1 Å². The topological polar surface area (TPSA) is 21.3 Å². The van der Waals surface area contributed by atoms with E-state index < -0.39 is 0 Å². The first-order chi connectivity index (χ1) is 10.1. The van der Waals surface area contributed by atoms with Gasteiger partial charge in [0.05, 0.1) is 0 Å². The van der Waals surface area contributed by atoms with Crippen molar-refractivity contribution in [2.75, 3.05) is 7.05 Å². The molecule has 0 fully saturated rings. The van der Waals surface area contributed by atoms with Crippen molar-refractivity contribution in [3.05, 3.63) is 65.0 Å². The fraction of sp³-hybridized carbons (Fsp3) is 0.333. The highest BCUT2D eigenvalue weighted by molar-refractivity contribution is 5.30. The molecule has 0 unspecified atom stereocenters. The Balaban J connectivity index is 2.02. The van der Waals surface area contributed by atoms with Gasteiger partial charge < -0.3 is 10.1 Å². The van der Waals surface area contributed by atoms with E-state index in [1.165, 1.54) is 17.7 Å². The highest BCUT2D eigenvalue weighted by Gasteiger charge is 2.03. The minimum Gasteiger partial charge on any atom is -0.489 e. The third-order valence-corrected chi connectivity index (χ3v) is 3.36. The van der Waals surface area contributed by atoms with Crippen molar-refractivity contribution in [2.45, 2.75) is 32.9 Å². The van der Waals surface area contributed by atoms with Gasteiger partial charge in [-0.25, -0.2) is 4.39 Å². The first-order valence-electron chi connectivity index (χ1n) is 7.24. The summed E-state index contributed by atoms with van der Waals surface area (Å²) >= 11 is 0. The van der Waals surface area contributed by atoms with E-state index in [4.69, 9.17) is 4.74 Å². The molecule has 2 nitrogen and oxygen atoms in total. The van der Waals surface area contributed by atoms with Crippen LogP contribution in [0.1, 0.15) is 36.5 Å². The lowest BCUT2D eigenvalue weighted by Gasteiger charge is -2.10. The summed E-state index contributed by atoms with van der Waals surface area (Å²) < 4.78 is 19.2. The van der Waals surface area contributed by atoms with Crippen molar-refractivity contribution in [3.63, 3.8) is 0 Å². The molecule has 21 heavy (non-hydrogen) atoms. The molecule has 1 N–H and O–H groups in total. The lowest BCUT2D eigenvalue weighted by Crippen LogP contribution is -2.06. The highest BCUT2D eigenvalue weighted by Crippen LogP contribution is 2.19. The first kappa shape index (κ1) is 15.5. The van der Waals surface area contributed by atoms with Gasteiger partial charge in [-0.3, -0.25) is 0 Å². The SMILES string of the molecule is CNCc1cc(F)cc(OCc2ccc(C(C)C)cc2)c1. The van der Waals surface area contributed by atoms with Crippen molar-refractivity contribution in [2.24, 2.45) is 0 Å². The fourth-order valence-corrected chi connectivity index (χ4v) is 2.18. The molecule has 0 spiro atoms. The van der Waals surface area contributed by atoms with Crippen LogP contribution in [-0.2, 0) is 13.2 Å². The number of hydrogen-bond donors (Lipinski definition) is 1. The lowest BCUT2D eigenvalue weighted by atomic mass is 10.0. The van der Waals surface area contributed by atoms with Gasteiger partial charge in [-0.1, -0.05) is 38.1 Å². The van der Waals surface area contributed by atoms with E-state index in [0.29, 0.717) is 24.8 Å². The van der Waals surface area contributed by atoms with Crippen LogP contribution in [0.4, 0.5) is 4.39 Å². The van der Waals surface area contributed by atoms with Crippen LogP contribution in [0.15, 0.2) is 42.5 Å². The zero-order valence-electron chi connectivity index (χ0n) is 12.8. The standard InChI is InChI=1S/C18H22FNO/c1-13(2)16-6-4-14(5-7-16)12-21-18-9-15(11-20-3)8-17(19)10-18/h4-10,13,20H,11-12H2,1-3H3. The molecule has 0 aliphatic heterocycles. The van der Waals surface area contributed by atoms with E-state index in [1.807, 2.05) is 13.1 Å². The summed E-state index contributed by atoms with van der Waals surface area (Å²) in [6.45, 7) is 5.40. The Labute approximate surface area is 126 Å². The molecule has 2 aromatic carbocycles. The second-order valence-electron chi connectivity index (χ2n) is 5.51. The van der Waals surface area contributed by atoms with Gasteiger partial charge in [0, 0.05) is 12.6 Å². The quantitative estimate of drug-likeness (QED) is 0.857. The van der Waals surface area contributed by atoms with Crippen LogP contribution in [0.3, 0.4) is 0 Å². The van der Waals surface area contributed by atoms with Gasteiger partial charge in [0.25, 0.3) is 0 Å². The summed E-state index contributed by atoms with van der Waals surface area (Å²) in [7, 11) is 1.84. The van der Waals surface area contributed by atoms with Crippen LogP contribution in [0.25, 0.3) is 0 Å². The second kappa shape index (κ2) is 7.23. The van der Waals surface area contributed by atoms with Gasteiger partial charge in [-0.05, 0) is 41.8 Å². The van der Waals surface area contributed by atoms with E-state index in [1.54, 1.807) is 0 Å². The Bertz CT molecular complexity index is 578. The summed E-state index contributed by atoms with van der Waals surface area (Å²) in [5, 5.41) is 3.01. The summed E-state index contributed by atoms with van der Waals surface area (Å²) in [6, 6.07) is 13.1. The lowest BCUT2D eigenvalue weighted by molar-refractivity contribution is 0.304. The monoisotopic (exact) mass is 287 g/mol. The van der Waals surface area contributed by atoms with Gasteiger partial charge >= 0.3 is 0 Å². The smallest absolute Gasteiger partial charge is 0.127 e. The van der Waals surface area contributed by atoms with Crippen molar-refractivity contribution < 1.29 is 9.13 Å². The molecule has 0 saturated carbocycles. The Kier molecular flexibility index (Phi) is 5.34. The maximum absolute atomic E-state index is 13.5. The molecule has 0 amide bonds. The van der Waals surface area contributed by atoms with E-state index in [9.17, 15) is 4.39 Å². The third kappa shape index (κ3) is 4.57. The van der Waals surface area contributed by atoms with Crippen LogP contribution in [0.2, 0.25) is 0 Å². The number of benzene rings is 2. The average molecular weight is 287 g/mol. The van der Waals surface area contributed by atoms with Gasteiger partial charge in [-0.15, -0.1) is 0 Å². The molecule has 0 aliphatic rings. The maximum atomic E-state index is 13.5. The number of nitrogens with one attached hydrogen (secondary N) is 1. The van der Waals surface area contributed by atoms with Crippen molar-refractivity contribution >= 4 is 0 Å². The zero-order chi connectivity index (χ0) is 15.2. The largest absolute Gasteiger partial charge is 0.489 e. The van der Waals surface area contributed by atoms with Crippen LogP contribution in [-0.4, -0.2) is 7.05 Å². The normalized spacial score (nSPS) is 10.9. The van der Waals surface area contributed by atoms with Crippen LogP contribution >= 0.6 is 0 Å². The first-order valence-corrected chi connectivity index (χ1v) is 7.24. The molecule has 0 atom stereocenters. The van der Waals surface area contributed by atoms with Gasteiger partial charge in [0.1, 0.15) is 18.2 Å². The molecular formula is C18H22FNO. The molecular weight excluding hydrogens is 265 g/mol. The van der Waals surface area contributed by atoms with Crippen molar-refractivity contribution in [1.82, 2.24) is 5.32 Å².